The van der Waals surface area contributed by atoms with Gasteiger partial charge in [0.05, 0.1) is 18.2 Å². The molecular formula is C15H12O6. The number of aromatic carboxylic acids is 1. The molecule has 21 heavy (non-hydrogen) atoms. The number of benzene rings is 2. The number of methoxy groups -OCH3 is 1. The number of aromatic hydroxyl groups is 2. The summed E-state index contributed by atoms with van der Waals surface area (Å²) in [5.41, 5.74) is -0.516. The van der Waals surface area contributed by atoms with Crippen LogP contribution in [0.2, 0.25) is 0 Å². The van der Waals surface area contributed by atoms with E-state index < -0.39 is 17.5 Å². The van der Waals surface area contributed by atoms with Gasteiger partial charge in [0.1, 0.15) is 22.8 Å². The van der Waals surface area contributed by atoms with Crippen LogP contribution in [0.25, 0.3) is 0 Å². The molecule has 0 heterocycles. The largest absolute Gasteiger partial charge is 0.507 e. The Morgan fingerprint density at radius 2 is 1.62 bits per heavy atom. The maximum atomic E-state index is 12.3. The summed E-state index contributed by atoms with van der Waals surface area (Å²) < 4.78 is 4.85. The molecular weight excluding hydrogens is 276 g/mol. The molecule has 0 aliphatic carbocycles. The standard InChI is InChI=1S/C15H12O6/c1-21-13-7-12(17)9(6-10(13)15(19)20)14(18)8-4-2-3-5-11(8)16/h2-7,16-17H,1H3,(H,19,20). The number of phenols is 2. The topological polar surface area (TPSA) is 104 Å². The second-order valence-electron chi connectivity index (χ2n) is 4.22. The first kappa shape index (κ1) is 14.4. The fourth-order valence-electron chi connectivity index (χ4n) is 1.90. The normalized spacial score (nSPS) is 10.1. The Bertz CT molecular complexity index is 720. The highest BCUT2D eigenvalue weighted by Crippen LogP contribution is 2.31. The van der Waals surface area contributed by atoms with Gasteiger partial charge >= 0.3 is 5.97 Å². The Morgan fingerprint density at radius 1 is 0.952 bits per heavy atom. The number of carboxylic acids is 1. The van der Waals surface area contributed by atoms with Gasteiger partial charge in [-0.15, -0.1) is 0 Å². The maximum absolute atomic E-state index is 12.3. The highest BCUT2D eigenvalue weighted by molar-refractivity contribution is 6.13. The van der Waals surface area contributed by atoms with E-state index in [-0.39, 0.29) is 28.2 Å². The third kappa shape index (κ3) is 2.64. The van der Waals surface area contributed by atoms with E-state index in [1.54, 1.807) is 12.1 Å². The lowest BCUT2D eigenvalue weighted by molar-refractivity contribution is 0.0693. The lowest BCUT2D eigenvalue weighted by Gasteiger charge is -2.10. The molecule has 0 spiro atoms. The van der Waals surface area contributed by atoms with Crippen molar-refractivity contribution in [1.82, 2.24) is 0 Å². The number of phenolic OH excluding ortho intramolecular Hbond substituents is 2. The number of hydrogen-bond acceptors (Lipinski definition) is 5. The van der Waals surface area contributed by atoms with Gasteiger partial charge in [-0.05, 0) is 18.2 Å². The van der Waals surface area contributed by atoms with Gasteiger partial charge in [-0.1, -0.05) is 12.1 Å². The van der Waals surface area contributed by atoms with E-state index in [4.69, 9.17) is 9.84 Å². The summed E-state index contributed by atoms with van der Waals surface area (Å²) in [7, 11) is 1.26. The van der Waals surface area contributed by atoms with E-state index >= 15 is 0 Å². The molecule has 6 heteroatoms. The van der Waals surface area contributed by atoms with Crippen molar-refractivity contribution in [3.05, 3.63) is 53.1 Å². The summed E-state index contributed by atoms with van der Waals surface area (Å²) in [4.78, 5) is 23.5. The van der Waals surface area contributed by atoms with Gasteiger partial charge in [-0.3, -0.25) is 4.79 Å². The number of rotatable bonds is 4. The molecule has 0 aliphatic rings. The van der Waals surface area contributed by atoms with Crippen LogP contribution in [-0.4, -0.2) is 34.2 Å². The van der Waals surface area contributed by atoms with Gasteiger partial charge in [0.25, 0.3) is 0 Å². The van der Waals surface area contributed by atoms with Crippen molar-refractivity contribution in [3.63, 3.8) is 0 Å². The Balaban J connectivity index is 2.59. The van der Waals surface area contributed by atoms with Crippen LogP contribution in [0.3, 0.4) is 0 Å². The third-order valence-corrected chi connectivity index (χ3v) is 2.94. The van der Waals surface area contributed by atoms with Crippen molar-refractivity contribution >= 4 is 11.8 Å². The number of hydrogen-bond donors (Lipinski definition) is 3. The minimum Gasteiger partial charge on any atom is -0.507 e. The highest BCUT2D eigenvalue weighted by Gasteiger charge is 2.22. The van der Waals surface area contributed by atoms with E-state index in [1.807, 2.05) is 0 Å². The summed E-state index contributed by atoms with van der Waals surface area (Å²) in [6.45, 7) is 0. The van der Waals surface area contributed by atoms with Crippen LogP contribution in [0.5, 0.6) is 17.2 Å². The molecule has 3 N–H and O–H groups in total. The van der Waals surface area contributed by atoms with Gasteiger partial charge in [0, 0.05) is 6.07 Å². The summed E-state index contributed by atoms with van der Waals surface area (Å²) >= 11 is 0. The fourth-order valence-corrected chi connectivity index (χ4v) is 1.90. The fraction of sp³-hybridized carbons (Fsp3) is 0.0667. The molecule has 0 saturated heterocycles. The second-order valence-corrected chi connectivity index (χ2v) is 4.22. The van der Waals surface area contributed by atoms with Gasteiger partial charge in [-0.2, -0.15) is 0 Å². The first-order valence-electron chi connectivity index (χ1n) is 5.92. The molecule has 0 aliphatic heterocycles. The van der Waals surface area contributed by atoms with E-state index in [0.717, 1.165) is 12.1 Å². The zero-order valence-corrected chi connectivity index (χ0v) is 11.0. The van der Waals surface area contributed by atoms with E-state index in [0.29, 0.717) is 0 Å². The Labute approximate surface area is 119 Å². The molecule has 2 rings (SSSR count). The Kier molecular flexibility index (Phi) is 3.80. The average Bonchev–Trinajstić information content (AvgIpc) is 2.46. The van der Waals surface area contributed by atoms with Crippen LogP contribution >= 0.6 is 0 Å². The summed E-state index contributed by atoms with van der Waals surface area (Å²) in [6, 6.07) is 7.87. The number of carbonyl (C=O) groups excluding carboxylic acids is 1. The van der Waals surface area contributed by atoms with Crippen LogP contribution in [0.4, 0.5) is 0 Å². The zero-order valence-electron chi connectivity index (χ0n) is 11.0. The summed E-state index contributed by atoms with van der Waals surface area (Å²) in [5.74, 6) is -2.72. The van der Waals surface area contributed by atoms with E-state index in [2.05, 4.69) is 0 Å². The highest BCUT2D eigenvalue weighted by atomic mass is 16.5. The van der Waals surface area contributed by atoms with Crippen LogP contribution in [0.1, 0.15) is 26.3 Å². The quantitative estimate of drug-likeness (QED) is 0.744. The number of ether oxygens (including phenoxy) is 1. The first-order chi connectivity index (χ1) is 9.95. The number of carboxylic acid groups (broad SMARTS) is 1. The predicted octanol–water partition coefficient (Wildman–Crippen LogP) is 2.04. The van der Waals surface area contributed by atoms with Crippen molar-refractivity contribution in [3.8, 4) is 17.2 Å². The molecule has 6 nitrogen and oxygen atoms in total. The van der Waals surface area contributed by atoms with Crippen LogP contribution in [0, 0.1) is 0 Å². The Hall–Kier alpha value is -3.02. The van der Waals surface area contributed by atoms with Crippen molar-refractivity contribution in [1.29, 1.82) is 0 Å². The van der Waals surface area contributed by atoms with Gasteiger partial charge < -0.3 is 20.1 Å². The minimum atomic E-state index is -1.29. The molecule has 0 aromatic heterocycles. The molecule has 0 radical (unpaired) electrons. The van der Waals surface area contributed by atoms with E-state index in [9.17, 15) is 19.8 Å². The average molecular weight is 288 g/mol. The molecule has 0 amide bonds. The minimum absolute atomic E-state index is 0.0331. The summed E-state index contributed by atoms with van der Waals surface area (Å²) in [5, 5.41) is 28.6. The van der Waals surface area contributed by atoms with Crippen molar-refractivity contribution in [2.45, 2.75) is 0 Å². The lowest BCUT2D eigenvalue weighted by atomic mass is 9.99. The lowest BCUT2D eigenvalue weighted by Crippen LogP contribution is -2.07. The molecule has 0 atom stereocenters. The third-order valence-electron chi connectivity index (χ3n) is 2.94. The zero-order chi connectivity index (χ0) is 15.6. The van der Waals surface area contributed by atoms with E-state index in [1.165, 1.54) is 19.2 Å². The molecule has 108 valence electrons. The molecule has 0 unspecified atom stereocenters. The smallest absolute Gasteiger partial charge is 0.339 e. The maximum Gasteiger partial charge on any atom is 0.339 e. The number of carbonyl (C=O) groups is 2. The Morgan fingerprint density at radius 3 is 2.19 bits per heavy atom. The summed E-state index contributed by atoms with van der Waals surface area (Å²) in [6.07, 6.45) is 0. The monoisotopic (exact) mass is 288 g/mol. The van der Waals surface area contributed by atoms with Gasteiger partial charge in [-0.25, -0.2) is 4.79 Å². The predicted molar refractivity (Wildman–Crippen MR) is 73.2 cm³/mol. The second kappa shape index (κ2) is 5.54. The molecule has 0 saturated carbocycles. The molecule has 2 aromatic carbocycles. The van der Waals surface area contributed by atoms with Crippen LogP contribution in [0.15, 0.2) is 36.4 Å². The van der Waals surface area contributed by atoms with Crippen molar-refractivity contribution < 1.29 is 29.6 Å². The van der Waals surface area contributed by atoms with Gasteiger partial charge in [0.2, 0.25) is 0 Å². The molecule has 0 bridgehead atoms. The van der Waals surface area contributed by atoms with Crippen LogP contribution < -0.4 is 4.74 Å². The van der Waals surface area contributed by atoms with Crippen molar-refractivity contribution in [2.75, 3.05) is 7.11 Å². The molecule has 2 aromatic rings. The van der Waals surface area contributed by atoms with Gasteiger partial charge in [0.15, 0.2) is 5.78 Å². The number of para-hydroxylation sites is 1. The number of ketones is 1. The molecule has 0 fully saturated rings. The SMILES string of the molecule is COc1cc(O)c(C(=O)c2ccccc2O)cc1C(=O)O. The first-order valence-corrected chi connectivity index (χ1v) is 5.92. The van der Waals surface area contributed by atoms with Crippen molar-refractivity contribution in [2.24, 2.45) is 0 Å². The van der Waals surface area contributed by atoms with Crippen LogP contribution in [-0.2, 0) is 0 Å².